The molecule has 108 valence electrons. The Balaban J connectivity index is 3.27. The molecule has 0 amide bonds. The van der Waals surface area contributed by atoms with Crippen molar-refractivity contribution in [3.8, 4) is 6.07 Å². The zero-order valence-corrected chi connectivity index (χ0v) is 13.7. The fraction of sp³-hybridized carbons (Fsp3) is 0.500. The Morgan fingerprint density at radius 3 is 2.70 bits per heavy atom. The van der Waals surface area contributed by atoms with Crippen molar-refractivity contribution < 1.29 is 9.53 Å². The van der Waals surface area contributed by atoms with Crippen LogP contribution in [0.3, 0.4) is 0 Å². The zero-order valence-electron chi connectivity index (χ0n) is 12.1. The molecule has 0 fully saturated rings. The van der Waals surface area contributed by atoms with Crippen LogP contribution >= 0.6 is 15.9 Å². The molecule has 0 spiro atoms. The van der Waals surface area contributed by atoms with Crippen molar-refractivity contribution in [2.24, 2.45) is 5.92 Å². The van der Waals surface area contributed by atoms with Gasteiger partial charge in [-0.15, -0.1) is 0 Å². The summed E-state index contributed by atoms with van der Waals surface area (Å²) in [5.41, 5.74) is 0.806. The van der Waals surface area contributed by atoms with Crippen molar-refractivity contribution in [1.82, 2.24) is 0 Å². The maximum Gasteiger partial charge on any atom is 0.337 e. The summed E-state index contributed by atoms with van der Waals surface area (Å²) < 4.78 is 4.75. The van der Waals surface area contributed by atoms with E-state index in [9.17, 15) is 10.1 Å². The highest BCUT2D eigenvalue weighted by Crippen LogP contribution is 2.37. The molecular weight excluding hydrogens is 318 g/mol. The molecule has 0 aromatic heterocycles. The number of ether oxygens (including phenoxy) is 1. The fourth-order valence-corrected chi connectivity index (χ4v) is 2.68. The van der Waals surface area contributed by atoms with Crippen LogP contribution < -0.4 is 0 Å². The summed E-state index contributed by atoms with van der Waals surface area (Å²) in [5.74, 6) is -0.206. The first-order chi connectivity index (χ1) is 9.51. The number of rotatable bonds is 6. The molecule has 0 radical (unpaired) electrons. The Kier molecular flexibility index (Phi) is 6.22. The third-order valence-electron chi connectivity index (χ3n) is 3.69. The van der Waals surface area contributed by atoms with Crippen LogP contribution in [0.15, 0.2) is 24.3 Å². The summed E-state index contributed by atoms with van der Waals surface area (Å²) in [7, 11) is 1.36. The number of hydrogen-bond acceptors (Lipinski definition) is 3. The van der Waals surface area contributed by atoms with Crippen molar-refractivity contribution in [3.63, 3.8) is 0 Å². The van der Waals surface area contributed by atoms with Crippen molar-refractivity contribution in [1.29, 1.82) is 5.26 Å². The Morgan fingerprint density at radius 2 is 2.20 bits per heavy atom. The predicted molar refractivity (Wildman–Crippen MR) is 82.9 cm³/mol. The van der Waals surface area contributed by atoms with Gasteiger partial charge in [0.25, 0.3) is 0 Å². The largest absolute Gasteiger partial charge is 0.465 e. The molecule has 0 aliphatic heterocycles. The number of methoxy groups -OCH3 is 1. The monoisotopic (exact) mass is 337 g/mol. The van der Waals surface area contributed by atoms with Crippen LogP contribution in [0.1, 0.15) is 42.6 Å². The minimum absolute atomic E-state index is 0.166. The van der Waals surface area contributed by atoms with Crippen molar-refractivity contribution >= 4 is 21.9 Å². The highest BCUT2D eigenvalue weighted by Gasteiger charge is 2.35. The molecule has 0 N–H and O–H groups in total. The smallest absolute Gasteiger partial charge is 0.337 e. The predicted octanol–water partition coefficient (Wildman–Crippen LogP) is 4.07. The summed E-state index contributed by atoms with van der Waals surface area (Å²) in [6.07, 6.45) is 1.67. The van der Waals surface area contributed by atoms with Crippen LogP contribution in [0.2, 0.25) is 0 Å². The number of nitriles is 1. The topological polar surface area (TPSA) is 50.1 Å². The lowest BCUT2D eigenvalue weighted by Gasteiger charge is -2.31. The zero-order chi connectivity index (χ0) is 15.2. The first kappa shape index (κ1) is 16.7. The summed E-state index contributed by atoms with van der Waals surface area (Å²) >= 11 is 3.42. The molecule has 0 saturated heterocycles. The van der Waals surface area contributed by atoms with Gasteiger partial charge in [-0.2, -0.15) is 5.26 Å². The number of hydrogen-bond donors (Lipinski definition) is 0. The van der Waals surface area contributed by atoms with E-state index in [0.717, 1.165) is 23.7 Å². The minimum atomic E-state index is -0.572. The van der Waals surface area contributed by atoms with E-state index < -0.39 is 5.41 Å². The van der Waals surface area contributed by atoms with Gasteiger partial charge < -0.3 is 4.74 Å². The fourth-order valence-electron chi connectivity index (χ4n) is 2.40. The highest BCUT2D eigenvalue weighted by atomic mass is 79.9. The highest BCUT2D eigenvalue weighted by molar-refractivity contribution is 9.09. The Labute approximate surface area is 129 Å². The number of esters is 1. The van der Waals surface area contributed by atoms with Crippen molar-refractivity contribution in [2.75, 3.05) is 12.4 Å². The summed E-state index contributed by atoms with van der Waals surface area (Å²) in [6, 6.07) is 9.70. The molecular formula is C16H20BrNO2. The Morgan fingerprint density at radius 1 is 1.50 bits per heavy atom. The Bertz CT molecular complexity index is 507. The maximum atomic E-state index is 11.7. The Hall–Kier alpha value is -1.34. The second-order valence-electron chi connectivity index (χ2n) is 5.10. The van der Waals surface area contributed by atoms with Gasteiger partial charge in [0, 0.05) is 5.33 Å². The molecule has 20 heavy (non-hydrogen) atoms. The number of benzene rings is 1. The van der Waals surface area contributed by atoms with Gasteiger partial charge in [0.15, 0.2) is 0 Å². The number of nitrogens with zero attached hydrogens (tertiary/aromatic N) is 1. The van der Waals surface area contributed by atoms with Crippen molar-refractivity contribution in [3.05, 3.63) is 35.4 Å². The van der Waals surface area contributed by atoms with E-state index in [1.807, 2.05) is 26.0 Å². The van der Waals surface area contributed by atoms with Crippen LogP contribution in [-0.2, 0) is 10.2 Å². The van der Waals surface area contributed by atoms with E-state index in [2.05, 4.69) is 22.0 Å². The molecule has 4 heteroatoms. The van der Waals surface area contributed by atoms with Crippen LogP contribution in [0, 0.1) is 17.2 Å². The molecule has 1 aromatic carbocycles. The molecule has 1 rings (SSSR count). The lowest BCUT2D eigenvalue weighted by Crippen LogP contribution is -2.31. The first-order valence-electron chi connectivity index (χ1n) is 6.68. The van der Waals surface area contributed by atoms with Gasteiger partial charge in [0.05, 0.1) is 24.2 Å². The molecule has 0 aliphatic rings. The second-order valence-corrected chi connectivity index (χ2v) is 5.90. The SMILES string of the molecule is COC(=O)c1cccc(C(C#N)(CCCBr)C(C)C)c1. The van der Waals surface area contributed by atoms with E-state index in [1.54, 1.807) is 12.1 Å². The first-order valence-corrected chi connectivity index (χ1v) is 7.80. The van der Waals surface area contributed by atoms with Crippen LogP contribution in [-0.4, -0.2) is 18.4 Å². The van der Waals surface area contributed by atoms with Gasteiger partial charge in [-0.25, -0.2) is 4.79 Å². The number of carbonyl (C=O) groups is 1. The van der Waals surface area contributed by atoms with Gasteiger partial charge >= 0.3 is 5.97 Å². The molecule has 3 nitrogen and oxygen atoms in total. The molecule has 0 saturated carbocycles. The lowest BCUT2D eigenvalue weighted by atomic mass is 9.69. The molecule has 1 atom stereocenters. The van der Waals surface area contributed by atoms with Crippen LogP contribution in [0.5, 0.6) is 0 Å². The van der Waals surface area contributed by atoms with Crippen LogP contribution in [0.4, 0.5) is 0 Å². The van der Waals surface area contributed by atoms with E-state index >= 15 is 0 Å². The summed E-state index contributed by atoms with van der Waals surface area (Å²) in [5, 5.41) is 10.6. The molecule has 1 aromatic rings. The number of carbonyl (C=O) groups excluding carboxylic acids is 1. The summed E-state index contributed by atoms with van der Waals surface area (Å²) in [6.45, 7) is 4.09. The minimum Gasteiger partial charge on any atom is -0.465 e. The van der Waals surface area contributed by atoms with Gasteiger partial charge in [-0.1, -0.05) is 41.9 Å². The second kappa shape index (κ2) is 7.44. The average Bonchev–Trinajstić information content (AvgIpc) is 2.47. The third-order valence-corrected chi connectivity index (χ3v) is 4.25. The normalized spacial score (nSPS) is 13.6. The van der Waals surface area contributed by atoms with Crippen LogP contribution in [0.25, 0.3) is 0 Å². The molecule has 0 bridgehead atoms. The number of halogens is 1. The standard InChI is InChI=1S/C16H20BrNO2/c1-12(2)16(11-18,8-5-9-17)14-7-4-6-13(10-14)15(19)20-3/h4,6-7,10,12H,5,8-9H2,1-3H3. The molecule has 0 heterocycles. The maximum absolute atomic E-state index is 11.7. The van der Waals surface area contributed by atoms with E-state index in [1.165, 1.54) is 7.11 Å². The average molecular weight is 338 g/mol. The van der Waals surface area contributed by atoms with Gasteiger partial charge in [-0.05, 0) is 36.5 Å². The third kappa shape index (κ3) is 3.40. The van der Waals surface area contributed by atoms with Gasteiger partial charge in [0.2, 0.25) is 0 Å². The van der Waals surface area contributed by atoms with Gasteiger partial charge in [0.1, 0.15) is 0 Å². The quantitative estimate of drug-likeness (QED) is 0.580. The number of alkyl halides is 1. The van der Waals surface area contributed by atoms with Crippen molar-refractivity contribution in [2.45, 2.75) is 32.1 Å². The molecule has 0 aliphatic carbocycles. The van der Waals surface area contributed by atoms with E-state index in [4.69, 9.17) is 4.74 Å². The van der Waals surface area contributed by atoms with Gasteiger partial charge in [-0.3, -0.25) is 0 Å². The lowest BCUT2D eigenvalue weighted by molar-refractivity contribution is 0.0600. The summed E-state index contributed by atoms with van der Waals surface area (Å²) in [4.78, 5) is 11.7. The van der Waals surface area contributed by atoms with E-state index in [-0.39, 0.29) is 11.9 Å². The van der Waals surface area contributed by atoms with E-state index in [0.29, 0.717) is 5.56 Å². The molecule has 1 unspecified atom stereocenters.